The van der Waals surface area contributed by atoms with Gasteiger partial charge in [-0.05, 0) is 33.1 Å². The van der Waals surface area contributed by atoms with Gasteiger partial charge in [-0.25, -0.2) is 9.97 Å². The van der Waals surface area contributed by atoms with Crippen molar-refractivity contribution in [2.24, 2.45) is 0 Å². The molecule has 18 heavy (non-hydrogen) atoms. The number of nitrogens with zero attached hydrogens (tertiary/aromatic N) is 3. The first-order valence-corrected chi connectivity index (χ1v) is 7.02. The van der Waals surface area contributed by atoms with Crippen LogP contribution in [0.4, 0.5) is 5.82 Å². The number of nitrogens with one attached hydrogen (secondary N) is 1. The Morgan fingerprint density at radius 1 is 1.17 bits per heavy atom. The zero-order valence-corrected chi connectivity index (χ0v) is 11.7. The van der Waals surface area contributed by atoms with Crippen LogP contribution in [-0.4, -0.2) is 40.0 Å². The summed E-state index contributed by atoms with van der Waals surface area (Å²) in [5, 5.41) is 3.93. The summed E-state index contributed by atoms with van der Waals surface area (Å²) < 4.78 is 0. The molecule has 2 fully saturated rings. The Balaban J connectivity index is 1.67. The van der Waals surface area contributed by atoms with Gasteiger partial charge in [-0.15, -0.1) is 0 Å². The fourth-order valence-electron chi connectivity index (χ4n) is 2.54. The van der Waals surface area contributed by atoms with Crippen molar-refractivity contribution < 1.29 is 0 Å². The normalized spacial score (nSPS) is 24.5. The van der Waals surface area contributed by atoms with Crippen LogP contribution in [0.15, 0.2) is 0 Å². The molecule has 1 aromatic rings. The van der Waals surface area contributed by atoms with Gasteiger partial charge in [0, 0.05) is 25.2 Å². The van der Waals surface area contributed by atoms with E-state index in [1.807, 2.05) is 13.8 Å². The third-order valence-corrected chi connectivity index (χ3v) is 4.15. The van der Waals surface area contributed by atoms with Crippen molar-refractivity contribution in [3.63, 3.8) is 0 Å². The highest BCUT2D eigenvalue weighted by atomic mass is 35.5. The fraction of sp³-hybridized carbons (Fsp3) is 0.692. The summed E-state index contributed by atoms with van der Waals surface area (Å²) in [6.45, 7) is 6.20. The molecule has 0 bridgehead atoms. The van der Waals surface area contributed by atoms with Crippen molar-refractivity contribution in [3.05, 3.63) is 16.5 Å². The average Bonchev–Trinajstić information content (AvgIpc) is 3.07. The van der Waals surface area contributed by atoms with Crippen LogP contribution < -0.4 is 5.32 Å². The smallest absolute Gasteiger partial charge is 0.171 e. The van der Waals surface area contributed by atoms with Gasteiger partial charge in [0.15, 0.2) is 11.0 Å². The summed E-state index contributed by atoms with van der Waals surface area (Å²) >= 11 is 6.14. The summed E-state index contributed by atoms with van der Waals surface area (Å²) in [6.07, 6.45) is 3.91. The van der Waals surface area contributed by atoms with E-state index in [2.05, 4.69) is 20.2 Å². The molecule has 1 unspecified atom stereocenters. The number of hydrogen-bond acceptors (Lipinski definition) is 4. The van der Waals surface area contributed by atoms with Crippen LogP contribution in [0.5, 0.6) is 0 Å². The summed E-state index contributed by atoms with van der Waals surface area (Å²) in [5.41, 5.74) is 1.84. The lowest BCUT2D eigenvalue weighted by atomic mass is 10.2. The molecule has 1 aliphatic carbocycles. The van der Waals surface area contributed by atoms with Crippen LogP contribution in [0.25, 0.3) is 0 Å². The monoisotopic (exact) mass is 266 g/mol. The molecule has 0 amide bonds. The highest BCUT2D eigenvalue weighted by Gasteiger charge is 2.34. The zero-order chi connectivity index (χ0) is 12.7. The first kappa shape index (κ1) is 12.2. The Hall–Kier alpha value is -0.870. The predicted molar refractivity (Wildman–Crippen MR) is 73.1 cm³/mol. The lowest BCUT2D eigenvalue weighted by Gasteiger charge is -2.17. The molecular weight excluding hydrogens is 248 g/mol. The van der Waals surface area contributed by atoms with E-state index in [0.717, 1.165) is 29.8 Å². The third kappa shape index (κ3) is 2.45. The van der Waals surface area contributed by atoms with E-state index in [1.54, 1.807) is 0 Å². The van der Waals surface area contributed by atoms with E-state index in [4.69, 9.17) is 11.6 Å². The van der Waals surface area contributed by atoms with Gasteiger partial charge in [0.1, 0.15) is 0 Å². The van der Waals surface area contributed by atoms with Gasteiger partial charge in [-0.3, -0.25) is 4.90 Å². The van der Waals surface area contributed by atoms with E-state index in [1.165, 1.54) is 25.8 Å². The zero-order valence-electron chi connectivity index (χ0n) is 10.9. The van der Waals surface area contributed by atoms with Gasteiger partial charge in [0.05, 0.1) is 11.4 Å². The van der Waals surface area contributed by atoms with Gasteiger partial charge < -0.3 is 5.32 Å². The lowest BCUT2D eigenvalue weighted by molar-refractivity contribution is 0.326. The molecule has 1 aromatic heterocycles. The Bertz CT molecular complexity index is 459. The maximum atomic E-state index is 6.14. The molecular formula is C13H19ClN4. The highest BCUT2D eigenvalue weighted by Crippen LogP contribution is 2.31. The average molecular weight is 267 g/mol. The molecule has 1 aliphatic heterocycles. The maximum Gasteiger partial charge on any atom is 0.171 e. The van der Waals surface area contributed by atoms with E-state index >= 15 is 0 Å². The maximum absolute atomic E-state index is 6.14. The molecule has 0 radical (unpaired) electrons. The van der Waals surface area contributed by atoms with E-state index < -0.39 is 0 Å². The van der Waals surface area contributed by atoms with Gasteiger partial charge >= 0.3 is 0 Å². The van der Waals surface area contributed by atoms with Crippen LogP contribution >= 0.6 is 11.6 Å². The van der Waals surface area contributed by atoms with E-state index in [9.17, 15) is 0 Å². The van der Waals surface area contributed by atoms with E-state index in [-0.39, 0.29) is 0 Å². The Morgan fingerprint density at radius 3 is 2.61 bits per heavy atom. The second-order valence-electron chi connectivity index (χ2n) is 5.39. The van der Waals surface area contributed by atoms with Crippen molar-refractivity contribution in [1.82, 2.24) is 14.9 Å². The molecule has 98 valence electrons. The molecule has 4 nitrogen and oxygen atoms in total. The van der Waals surface area contributed by atoms with Gasteiger partial charge in [0.25, 0.3) is 0 Å². The van der Waals surface area contributed by atoms with Crippen LogP contribution in [0.1, 0.15) is 30.7 Å². The number of aryl methyl sites for hydroxylation is 2. The molecule has 2 aliphatic rings. The minimum absolute atomic E-state index is 0.458. The van der Waals surface area contributed by atoms with Crippen molar-refractivity contribution in [2.75, 3.05) is 18.4 Å². The Kier molecular flexibility index (Phi) is 3.16. The second-order valence-corrected chi connectivity index (χ2v) is 5.75. The number of halogens is 1. The molecule has 0 spiro atoms. The summed E-state index contributed by atoms with van der Waals surface area (Å²) in [4.78, 5) is 11.4. The number of hydrogen-bond donors (Lipinski definition) is 1. The minimum atomic E-state index is 0.458. The SMILES string of the molecule is Cc1nc(Cl)c(NC2CCN(C3CC3)C2)nc1C. The van der Waals surface area contributed by atoms with Crippen molar-refractivity contribution in [2.45, 2.75) is 45.2 Å². The van der Waals surface area contributed by atoms with E-state index in [0.29, 0.717) is 11.2 Å². The first-order chi connectivity index (χ1) is 8.63. The molecule has 1 saturated carbocycles. The quantitative estimate of drug-likeness (QED) is 0.912. The standard InChI is InChI=1S/C13H19ClN4/c1-8-9(2)16-13(12(14)15-8)17-10-5-6-18(7-10)11-3-4-11/h10-11H,3-7H2,1-2H3,(H,16,17). The first-order valence-electron chi connectivity index (χ1n) is 6.65. The number of likely N-dealkylation sites (tertiary alicyclic amines) is 1. The molecule has 1 N–H and O–H groups in total. The molecule has 2 heterocycles. The predicted octanol–water partition coefficient (Wildman–Crippen LogP) is 2.40. The summed E-state index contributed by atoms with van der Waals surface area (Å²) in [7, 11) is 0. The second kappa shape index (κ2) is 4.67. The number of aromatic nitrogens is 2. The fourth-order valence-corrected chi connectivity index (χ4v) is 2.76. The lowest BCUT2D eigenvalue weighted by Crippen LogP contribution is -2.28. The molecule has 5 heteroatoms. The molecule has 1 atom stereocenters. The van der Waals surface area contributed by atoms with Crippen LogP contribution in [0.2, 0.25) is 5.15 Å². The van der Waals surface area contributed by atoms with Crippen LogP contribution in [-0.2, 0) is 0 Å². The number of rotatable bonds is 3. The van der Waals surface area contributed by atoms with Gasteiger partial charge in [0.2, 0.25) is 0 Å². The number of anilines is 1. The highest BCUT2D eigenvalue weighted by molar-refractivity contribution is 6.31. The third-order valence-electron chi connectivity index (χ3n) is 3.89. The summed E-state index contributed by atoms with van der Waals surface area (Å²) in [5.74, 6) is 0.738. The summed E-state index contributed by atoms with van der Waals surface area (Å²) in [6, 6.07) is 1.30. The Labute approximate surface area is 113 Å². The minimum Gasteiger partial charge on any atom is -0.363 e. The van der Waals surface area contributed by atoms with Crippen LogP contribution in [0.3, 0.4) is 0 Å². The molecule has 1 saturated heterocycles. The largest absolute Gasteiger partial charge is 0.363 e. The Morgan fingerprint density at radius 2 is 1.89 bits per heavy atom. The van der Waals surface area contributed by atoms with Crippen molar-refractivity contribution in [3.8, 4) is 0 Å². The molecule has 3 rings (SSSR count). The van der Waals surface area contributed by atoms with Crippen molar-refractivity contribution >= 4 is 17.4 Å². The van der Waals surface area contributed by atoms with Crippen molar-refractivity contribution in [1.29, 1.82) is 0 Å². The van der Waals surface area contributed by atoms with Gasteiger partial charge in [-0.1, -0.05) is 11.6 Å². The van der Waals surface area contributed by atoms with Crippen LogP contribution in [0, 0.1) is 13.8 Å². The molecule has 0 aromatic carbocycles. The topological polar surface area (TPSA) is 41.1 Å². The van der Waals surface area contributed by atoms with Gasteiger partial charge in [-0.2, -0.15) is 0 Å².